The van der Waals surface area contributed by atoms with Crippen LogP contribution in [0, 0.1) is 0 Å². The van der Waals surface area contributed by atoms with Crippen molar-refractivity contribution in [3.63, 3.8) is 0 Å². The van der Waals surface area contributed by atoms with E-state index in [2.05, 4.69) is 4.98 Å². The average molecular weight is 294 g/mol. The molecule has 0 aliphatic carbocycles. The molecule has 2 heterocycles. The van der Waals surface area contributed by atoms with E-state index in [1.165, 1.54) is 0 Å². The van der Waals surface area contributed by atoms with Gasteiger partial charge in [-0.15, -0.1) is 0 Å². The molecule has 1 aromatic heterocycles. The van der Waals surface area contributed by atoms with Gasteiger partial charge in [-0.25, -0.2) is 0 Å². The van der Waals surface area contributed by atoms with Crippen LogP contribution in [-0.2, 0) is 14.4 Å². The van der Waals surface area contributed by atoms with Crippen LogP contribution in [0.4, 0.5) is 0 Å². The van der Waals surface area contributed by atoms with Gasteiger partial charge in [0.05, 0.1) is 18.9 Å². The van der Waals surface area contributed by atoms with E-state index in [4.69, 9.17) is 10.2 Å². The number of hydrogen-bond acceptors (Lipinski definition) is 4. The summed E-state index contributed by atoms with van der Waals surface area (Å²) in [6.45, 7) is 0. The Balaban J connectivity index is 0.000000240. The number of amides is 1. The number of carbonyl (C=O) groups excluding carboxylic acids is 1. The van der Waals surface area contributed by atoms with Gasteiger partial charge in [0.25, 0.3) is 0 Å². The zero-order chi connectivity index (χ0) is 15.8. The van der Waals surface area contributed by atoms with Gasteiger partial charge >= 0.3 is 11.9 Å². The molecular weight excluding hydrogens is 276 g/mol. The van der Waals surface area contributed by atoms with Crippen molar-refractivity contribution in [3.05, 3.63) is 30.1 Å². The molecule has 1 saturated heterocycles. The number of aliphatic carboxylic acids is 2. The molecule has 0 bridgehead atoms. The highest BCUT2D eigenvalue weighted by atomic mass is 16.4. The third-order valence-corrected chi connectivity index (χ3v) is 3.11. The molecule has 1 atom stereocenters. The van der Waals surface area contributed by atoms with Crippen LogP contribution < -0.4 is 0 Å². The summed E-state index contributed by atoms with van der Waals surface area (Å²) in [5.41, 5.74) is 1.14. The van der Waals surface area contributed by atoms with Crippen molar-refractivity contribution in [1.29, 1.82) is 0 Å². The van der Waals surface area contributed by atoms with Gasteiger partial charge in [-0.2, -0.15) is 0 Å². The zero-order valence-electron chi connectivity index (χ0n) is 11.7. The third kappa shape index (κ3) is 5.60. The van der Waals surface area contributed by atoms with Crippen molar-refractivity contribution in [2.75, 3.05) is 7.05 Å². The van der Waals surface area contributed by atoms with Crippen LogP contribution in [-0.4, -0.2) is 45.0 Å². The number of nitrogens with zero attached hydrogens (tertiary/aromatic N) is 2. The Morgan fingerprint density at radius 3 is 2.33 bits per heavy atom. The van der Waals surface area contributed by atoms with Crippen molar-refractivity contribution in [2.24, 2.45) is 0 Å². The topological polar surface area (TPSA) is 108 Å². The van der Waals surface area contributed by atoms with E-state index < -0.39 is 11.9 Å². The summed E-state index contributed by atoms with van der Waals surface area (Å²) in [7, 11) is 1.85. The van der Waals surface area contributed by atoms with E-state index >= 15 is 0 Å². The minimum Gasteiger partial charge on any atom is -0.481 e. The molecule has 1 aliphatic heterocycles. The van der Waals surface area contributed by atoms with Gasteiger partial charge in [-0.1, -0.05) is 6.07 Å². The number of likely N-dealkylation sites (tertiary alicyclic amines) is 1. The van der Waals surface area contributed by atoms with Gasteiger partial charge in [-0.05, 0) is 18.1 Å². The highest BCUT2D eigenvalue weighted by molar-refractivity contribution is 5.78. The lowest BCUT2D eigenvalue weighted by Crippen LogP contribution is -2.22. The highest BCUT2D eigenvalue weighted by Crippen LogP contribution is 2.30. The maximum atomic E-state index is 11.3. The molecule has 0 aromatic carbocycles. The highest BCUT2D eigenvalue weighted by Gasteiger charge is 2.28. The first-order chi connectivity index (χ1) is 9.91. The van der Waals surface area contributed by atoms with Crippen LogP contribution in [0.5, 0.6) is 0 Å². The fourth-order valence-electron chi connectivity index (χ4n) is 1.98. The van der Waals surface area contributed by atoms with Crippen molar-refractivity contribution in [3.8, 4) is 0 Å². The van der Waals surface area contributed by atoms with Gasteiger partial charge in [0, 0.05) is 25.9 Å². The van der Waals surface area contributed by atoms with E-state index in [1.54, 1.807) is 11.1 Å². The minimum absolute atomic E-state index is 0.230. The fraction of sp³-hybridized carbons (Fsp3) is 0.429. The number of hydrogen-bond donors (Lipinski definition) is 2. The number of carboxylic acid groups (broad SMARTS) is 2. The summed E-state index contributed by atoms with van der Waals surface area (Å²) in [6, 6.07) is 4.17. The molecule has 1 fully saturated rings. The van der Waals surface area contributed by atoms with Crippen molar-refractivity contribution < 1.29 is 24.6 Å². The SMILES string of the molecule is CN1C(=O)CC[C@H]1c1cccnc1.O=C(O)CCC(=O)O. The predicted octanol–water partition coefficient (Wildman–Crippen LogP) is 1.31. The van der Waals surface area contributed by atoms with Gasteiger partial charge in [-0.3, -0.25) is 19.4 Å². The van der Waals surface area contributed by atoms with Crippen molar-refractivity contribution >= 4 is 17.8 Å². The van der Waals surface area contributed by atoms with E-state index in [0.717, 1.165) is 12.0 Å². The summed E-state index contributed by atoms with van der Waals surface area (Å²) >= 11 is 0. The Hall–Kier alpha value is -2.44. The first-order valence-corrected chi connectivity index (χ1v) is 6.51. The lowest BCUT2D eigenvalue weighted by Gasteiger charge is -2.19. The molecular formula is C14H18N2O5. The van der Waals surface area contributed by atoms with Gasteiger partial charge < -0.3 is 15.1 Å². The molecule has 2 N–H and O–H groups in total. The largest absolute Gasteiger partial charge is 0.481 e. The second kappa shape index (κ2) is 7.98. The number of pyridine rings is 1. The number of carboxylic acids is 2. The van der Waals surface area contributed by atoms with Crippen LogP contribution in [0.15, 0.2) is 24.5 Å². The molecule has 7 nitrogen and oxygen atoms in total. The normalized spacial score (nSPS) is 17.1. The molecule has 1 aliphatic rings. The van der Waals surface area contributed by atoms with Crippen LogP contribution in [0.25, 0.3) is 0 Å². The number of carbonyl (C=O) groups is 3. The Kier molecular flexibility index (Phi) is 6.32. The molecule has 1 aromatic rings. The molecule has 1 amide bonds. The summed E-state index contributed by atoms with van der Waals surface area (Å²) in [6.07, 6.45) is 4.57. The average Bonchev–Trinajstić information content (AvgIpc) is 2.78. The van der Waals surface area contributed by atoms with E-state index in [9.17, 15) is 14.4 Å². The van der Waals surface area contributed by atoms with Gasteiger partial charge in [0.1, 0.15) is 0 Å². The Morgan fingerprint density at radius 1 is 1.33 bits per heavy atom. The van der Waals surface area contributed by atoms with Gasteiger partial charge in [0.15, 0.2) is 0 Å². The maximum Gasteiger partial charge on any atom is 0.303 e. The molecule has 0 unspecified atom stereocenters. The second-order valence-electron chi connectivity index (χ2n) is 4.63. The third-order valence-electron chi connectivity index (χ3n) is 3.11. The molecule has 0 spiro atoms. The summed E-state index contributed by atoms with van der Waals surface area (Å²) < 4.78 is 0. The summed E-state index contributed by atoms with van der Waals surface area (Å²) in [5, 5.41) is 15.8. The monoisotopic (exact) mass is 294 g/mol. The first-order valence-electron chi connectivity index (χ1n) is 6.51. The smallest absolute Gasteiger partial charge is 0.303 e. The molecule has 2 rings (SSSR count). The van der Waals surface area contributed by atoms with Gasteiger partial charge in [0.2, 0.25) is 5.91 Å². The Morgan fingerprint density at radius 2 is 1.95 bits per heavy atom. The lowest BCUT2D eigenvalue weighted by atomic mass is 10.1. The molecule has 0 radical (unpaired) electrons. The Labute approximate surface area is 122 Å². The van der Waals surface area contributed by atoms with Crippen molar-refractivity contribution in [2.45, 2.75) is 31.7 Å². The lowest BCUT2D eigenvalue weighted by molar-refractivity contribution is -0.143. The number of aromatic nitrogens is 1. The molecule has 7 heteroatoms. The van der Waals surface area contributed by atoms with Crippen LogP contribution >= 0.6 is 0 Å². The standard InChI is InChI=1S/C10H12N2O.C4H6O4/c1-12-9(4-5-10(12)13)8-3-2-6-11-7-8;5-3(6)1-2-4(7)8/h2-3,6-7,9H,4-5H2,1H3;1-2H2,(H,5,6)(H,7,8)/t9-;/m0./s1. The zero-order valence-corrected chi connectivity index (χ0v) is 11.7. The van der Waals surface area contributed by atoms with Crippen LogP contribution in [0.2, 0.25) is 0 Å². The summed E-state index contributed by atoms with van der Waals surface area (Å²) in [5.74, 6) is -1.92. The fourth-order valence-corrected chi connectivity index (χ4v) is 1.98. The first kappa shape index (κ1) is 16.6. The van der Waals surface area contributed by atoms with E-state index in [1.807, 2.05) is 25.4 Å². The molecule has 114 valence electrons. The van der Waals surface area contributed by atoms with E-state index in [-0.39, 0.29) is 24.8 Å². The number of rotatable bonds is 4. The predicted molar refractivity (Wildman–Crippen MR) is 73.5 cm³/mol. The summed E-state index contributed by atoms with van der Waals surface area (Å²) in [4.78, 5) is 36.4. The second-order valence-corrected chi connectivity index (χ2v) is 4.63. The van der Waals surface area contributed by atoms with Crippen LogP contribution in [0.1, 0.15) is 37.3 Å². The van der Waals surface area contributed by atoms with E-state index in [0.29, 0.717) is 6.42 Å². The quantitative estimate of drug-likeness (QED) is 0.866. The van der Waals surface area contributed by atoms with Crippen molar-refractivity contribution in [1.82, 2.24) is 9.88 Å². The molecule has 21 heavy (non-hydrogen) atoms. The Bertz CT molecular complexity index is 489. The maximum absolute atomic E-state index is 11.3. The minimum atomic E-state index is -1.08. The molecule has 0 saturated carbocycles. The van der Waals surface area contributed by atoms with Crippen LogP contribution in [0.3, 0.4) is 0 Å².